The molecule has 2 N–H and O–H groups in total. The summed E-state index contributed by atoms with van der Waals surface area (Å²) in [4.78, 5) is 47.5. The van der Waals surface area contributed by atoms with Crippen molar-refractivity contribution in [2.45, 2.75) is 6.92 Å². The predicted octanol–water partition coefficient (Wildman–Crippen LogP) is 5.77. The van der Waals surface area contributed by atoms with E-state index in [1.165, 1.54) is 24.3 Å². The van der Waals surface area contributed by atoms with E-state index in [2.05, 4.69) is 0 Å². The fourth-order valence-electron chi connectivity index (χ4n) is 3.85. The van der Waals surface area contributed by atoms with Gasteiger partial charge >= 0.3 is 11.9 Å². The van der Waals surface area contributed by atoms with Gasteiger partial charge in [0.05, 0.1) is 11.1 Å². The molecule has 0 atom stereocenters. The van der Waals surface area contributed by atoms with Gasteiger partial charge < -0.3 is 10.2 Å². The summed E-state index contributed by atoms with van der Waals surface area (Å²) in [5.74, 6) is -2.35. The second kappa shape index (κ2) is 9.57. The number of carbonyl (C=O) groups excluding carboxylic acids is 2. The summed E-state index contributed by atoms with van der Waals surface area (Å²) in [6, 6.07) is 23.0. The van der Waals surface area contributed by atoms with Crippen LogP contribution >= 0.6 is 0 Å². The minimum Gasteiger partial charge on any atom is -0.478 e. The molecule has 0 aliphatic heterocycles. The van der Waals surface area contributed by atoms with Gasteiger partial charge in [-0.05, 0) is 77.2 Å². The molecule has 0 amide bonds. The molecule has 0 fully saturated rings. The highest BCUT2D eigenvalue weighted by Crippen LogP contribution is 2.28. The molecule has 0 saturated heterocycles. The van der Waals surface area contributed by atoms with E-state index in [1.807, 2.05) is 19.1 Å². The Bertz CT molecular complexity index is 1460. The van der Waals surface area contributed by atoms with Crippen LogP contribution in [-0.4, -0.2) is 34.2 Å². The highest BCUT2D eigenvalue weighted by molar-refractivity contribution is 6.14. The molecule has 4 aromatic carbocycles. The summed E-state index contributed by atoms with van der Waals surface area (Å²) >= 11 is 0. The van der Waals surface area contributed by atoms with E-state index in [0.29, 0.717) is 17.4 Å². The Morgan fingerprint density at radius 1 is 0.600 bits per heavy atom. The van der Waals surface area contributed by atoms with E-state index in [9.17, 15) is 19.2 Å². The van der Waals surface area contributed by atoms with Crippen LogP contribution in [0.2, 0.25) is 0 Å². The Morgan fingerprint density at radius 2 is 1.06 bits per heavy atom. The topological polar surface area (TPSA) is 109 Å². The molecular weight excluding hydrogens is 444 g/mol. The van der Waals surface area contributed by atoms with Crippen molar-refractivity contribution in [3.8, 4) is 22.3 Å². The number of aldehydes is 1. The first-order valence-corrected chi connectivity index (χ1v) is 10.7. The quantitative estimate of drug-likeness (QED) is 0.266. The first kappa shape index (κ1) is 23.3. The van der Waals surface area contributed by atoms with Gasteiger partial charge in [0.1, 0.15) is 0 Å². The number of ketones is 1. The smallest absolute Gasteiger partial charge is 0.335 e. The molecule has 6 heteroatoms. The van der Waals surface area contributed by atoms with E-state index in [-0.39, 0.29) is 28.0 Å². The van der Waals surface area contributed by atoms with Crippen molar-refractivity contribution in [1.29, 1.82) is 0 Å². The van der Waals surface area contributed by atoms with Crippen molar-refractivity contribution in [2.75, 3.05) is 0 Å². The summed E-state index contributed by atoms with van der Waals surface area (Å²) < 4.78 is 0. The van der Waals surface area contributed by atoms with E-state index in [0.717, 1.165) is 22.3 Å². The van der Waals surface area contributed by atoms with Crippen molar-refractivity contribution < 1.29 is 29.4 Å². The van der Waals surface area contributed by atoms with Crippen LogP contribution in [0.15, 0.2) is 84.9 Å². The molecule has 172 valence electrons. The number of benzene rings is 4. The average Bonchev–Trinajstić information content (AvgIpc) is 2.88. The molecular formula is C29H20O6. The van der Waals surface area contributed by atoms with E-state index >= 15 is 0 Å². The van der Waals surface area contributed by atoms with Gasteiger partial charge in [-0.25, -0.2) is 9.59 Å². The lowest BCUT2D eigenvalue weighted by Gasteiger charge is -2.12. The number of carboxylic acid groups (broad SMARTS) is 2. The number of hydrogen-bond donors (Lipinski definition) is 2. The van der Waals surface area contributed by atoms with Gasteiger partial charge in [-0.3, -0.25) is 9.59 Å². The molecule has 0 aromatic heterocycles. The number of aromatic carboxylic acids is 2. The number of aryl methyl sites for hydroxylation is 1. The first-order valence-electron chi connectivity index (χ1n) is 10.7. The van der Waals surface area contributed by atoms with E-state index in [1.54, 1.807) is 48.5 Å². The van der Waals surface area contributed by atoms with Crippen LogP contribution in [0.1, 0.15) is 52.6 Å². The van der Waals surface area contributed by atoms with Crippen LogP contribution in [-0.2, 0) is 0 Å². The van der Waals surface area contributed by atoms with Gasteiger partial charge in [0.2, 0.25) is 0 Å². The minimum absolute atomic E-state index is 0.157. The third-order valence-electron chi connectivity index (χ3n) is 5.84. The second-order valence-electron chi connectivity index (χ2n) is 8.04. The Kier molecular flexibility index (Phi) is 6.38. The lowest BCUT2D eigenvalue weighted by molar-refractivity contribution is 0.0686. The maximum absolute atomic E-state index is 13.4. The molecule has 35 heavy (non-hydrogen) atoms. The standard InChI is InChI=1S/C29H20O6/c1-17-2-3-23(19-6-10-21(11-7-19)29(34)35)15-26(17)27(31)25-13-12-22(14-24(25)16-30)18-4-8-20(9-5-18)28(32)33/h2-16H,1H3,(H,32,33)(H,34,35). The minimum atomic E-state index is -1.03. The van der Waals surface area contributed by atoms with Crippen molar-refractivity contribution in [1.82, 2.24) is 0 Å². The van der Waals surface area contributed by atoms with Crippen LogP contribution in [0.3, 0.4) is 0 Å². The van der Waals surface area contributed by atoms with Gasteiger partial charge in [-0.1, -0.05) is 42.5 Å². The third kappa shape index (κ3) is 4.77. The molecule has 4 rings (SSSR count). The normalized spacial score (nSPS) is 10.5. The zero-order chi connectivity index (χ0) is 25.1. The molecule has 0 heterocycles. The summed E-state index contributed by atoms with van der Waals surface area (Å²) in [6.07, 6.45) is 0.631. The van der Waals surface area contributed by atoms with E-state index < -0.39 is 11.9 Å². The third-order valence-corrected chi connectivity index (χ3v) is 5.84. The number of rotatable bonds is 7. The van der Waals surface area contributed by atoms with Crippen molar-refractivity contribution in [2.24, 2.45) is 0 Å². The summed E-state index contributed by atoms with van der Waals surface area (Å²) in [7, 11) is 0. The lowest BCUT2D eigenvalue weighted by atomic mass is 9.91. The van der Waals surface area contributed by atoms with Crippen LogP contribution in [0, 0.1) is 6.92 Å². The van der Waals surface area contributed by atoms with Crippen LogP contribution < -0.4 is 0 Å². The monoisotopic (exact) mass is 464 g/mol. The molecule has 0 bridgehead atoms. The Morgan fingerprint density at radius 3 is 1.54 bits per heavy atom. The Balaban J connectivity index is 1.69. The largest absolute Gasteiger partial charge is 0.478 e. The highest BCUT2D eigenvalue weighted by Gasteiger charge is 2.18. The molecule has 0 radical (unpaired) electrons. The van der Waals surface area contributed by atoms with Gasteiger partial charge in [-0.2, -0.15) is 0 Å². The molecule has 0 aliphatic rings. The van der Waals surface area contributed by atoms with Gasteiger partial charge in [-0.15, -0.1) is 0 Å². The van der Waals surface area contributed by atoms with Gasteiger partial charge in [0, 0.05) is 16.7 Å². The van der Waals surface area contributed by atoms with Crippen LogP contribution in [0.25, 0.3) is 22.3 Å². The van der Waals surface area contributed by atoms with Gasteiger partial charge in [0.25, 0.3) is 0 Å². The highest BCUT2D eigenvalue weighted by atomic mass is 16.4. The fraction of sp³-hybridized carbons (Fsp3) is 0.0345. The van der Waals surface area contributed by atoms with E-state index in [4.69, 9.17) is 10.2 Å². The van der Waals surface area contributed by atoms with Crippen molar-refractivity contribution >= 4 is 24.0 Å². The molecule has 0 spiro atoms. The number of hydrogen-bond acceptors (Lipinski definition) is 4. The molecule has 0 saturated carbocycles. The molecule has 0 aliphatic carbocycles. The summed E-state index contributed by atoms with van der Waals surface area (Å²) in [6.45, 7) is 1.81. The Labute approximate surface area is 201 Å². The summed E-state index contributed by atoms with van der Waals surface area (Å²) in [5.41, 5.74) is 4.91. The molecule has 6 nitrogen and oxygen atoms in total. The van der Waals surface area contributed by atoms with Crippen molar-refractivity contribution in [3.05, 3.63) is 118 Å². The first-order chi connectivity index (χ1) is 16.8. The molecule has 4 aromatic rings. The number of carbonyl (C=O) groups is 4. The van der Waals surface area contributed by atoms with Crippen LogP contribution in [0.5, 0.6) is 0 Å². The number of carboxylic acids is 2. The molecule has 0 unspecified atom stereocenters. The predicted molar refractivity (Wildman–Crippen MR) is 131 cm³/mol. The SMILES string of the molecule is Cc1ccc(-c2ccc(C(=O)O)cc2)cc1C(=O)c1ccc(-c2ccc(C(=O)O)cc2)cc1C=O. The second-order valence-corrected chi connectivity index (χ2v) is 8.04. The zero-order valence-corrected chi connectivity index (χ0v) is 18.7. The zero-order valence-electron chi connectivity index (χ0n) is 18.7. The fourth-order valence-corrected chi connectivity index (χ4v) is 3.85. The maximum atomic E-state index is 13.4. The maximum Gasteiger partial charge on any atom is 0.335 e. The average molecular weight is 464 g/mol. The van der Waals surface area contributed by atoms with Gasteiger partial charge in [0.15, 0.2) is 12.1 Å². The van der Waals surface area contributed by atoms with Crippen LogP contribution in [0.4, 0.5) is 0 Å². The summed E-state index contributed by atoms with van der Waals surface area (Å²) in [5, 5.41) is 18.2. The van der Waals surface area contributed by atoms with Crippen molar-refractivity contribution in [3.63, 3.8) is 0 Å². The Hall–Kier alpha value is -4.84. The lowest BCUT2D eigenvalue weighted by Crippen LogP contribution is -2.07.